The molecule has 0 N–H and O–H groups in total. The number of rotatable bonds is 4. The van der Waals surface area contributed by atoms with E-state index in [4.69, 9.17) is 18.9 Å². The third-order valence-corrected chi connectivity index (χ3v) is 2.27. The fourth-order valence-corrected chi connectivity index (χ4v) is 1.59. The molecule has 0 amide bonds. The van der Waals surface area contributed by atoms with Crippen LogP contribution in [0.3, 0.4) is 0 Å². The van der Waals surface area contributed by atoms with Crippen LogP contribution in [0.1, 0.15) is 20.8 Å². The molecule has 0 aromatic carbocycles. The van der Waals surface area contributed by atoms with Crippen molar-refractivity contribution in [2.75, 3.05) is 6.61 Å². The van der Waals surface area contributed by atoms with Gasteiger partial charge >= 0.3 is 17.9 Å². The maximum atomic E-state index is 11.1. The standard InChI is InChI=1S/C12H16O7/c1-7(13)17-6-11-12(19-9(3)15)10(4-5-16-11)18-8(2)14/h4-5,10-12H,6H2,1-3H3/t10-,11-,12?/m1/s1. The van der Waals surface area contributed by atoms with Gasteiger partial charge in [0.25, 0.3) is 0 Å². The summed E-state index contributed by atoms with van der Waals surface area (Å²) in [6, 6.07) is 0. The van der Waals surface area contributed by atoms with Crippen molar-refractivity contribution >= 4 is 17.9 Å². The Labute approximate surface area is 110 Å². The number of hydrogen-bond donors (Lipinski definition) is 0. The van der Waals surface area contributed by atoms with Gasteiger partial charge in [-0.25, -0.2) is 0 Å². The van der Waals surface area contributed by atoms with Crippen LogP contribution in [0.4, 0.5) is 0 Å². The van der Waals surface area contributed by atoms with Gasteiger partial charge in [-0.05, 0) is 6.08 Å². The zero-order valence-electron chi connectivity index (χ0n) is 11.0. The van der Waals surface area contributed by atoms with Gasteiger partial charge in [-0.1, -0.05) is 0 Å². The van der Waals surface area contributed by atoms with Crippen molar-refractivity contribution in [2.24, 2.45) is 0 Å². The average molecular weight is 272 g/mol. The maximum Gasteiger partial charge on any atom is 0.303 e. The molecule has 7 heteroatoms. The van der Waals surface area contributed by atoms with Gasteiger partial charge in [-0.3, -0.25) is 14.4 Å². The smallest absolute Gasteiger partial charge is 0.303 e. The summed E-state index contributed by atoms with van der Waals surface area (Å²) < 4.78 is 20.1. The molecule has 0 fully saturated rings. The van der Waals surface area contributed by atoms with Crippen LogP contribution >= 0.6 is 0 Å². The lowest BCUT2D eigenvalue weighted by Gasteiger charge is -2.32. The number of hydrogen-bond acceptors (Lipinski definition) is 7. The van der Waals surface area contributed by atoms with E-state index in [1.54, 1.807) is 0 Å². The summed E-state index contributed by atoms with van der Waals surface area (Å²) in [4.78, 5) is 32.9. The molecule has 0 aromatic rings. The van der Waals surface area contributed by atoms with E-state index in [0.29, 0.717) is 0 Å². The van der Waals surface area contributed by atoms with E-state index in [1.165, 1.54) is 33.1 Å². The molecule has 1 unspecified atom stereocenters. The second kappa shape index (κ2) is 6.77. The Morgan fingerprint density at radius 2 is 1.68 bits per heavy atom. The zero-order valence-corrected chi connectivity index (χ0v) is 11.0. The highest BCUT2D eigenvalue weighted by Gasteiger charge is 2.37. The number of carbonyl (C=O) groups excluding carboxylic acids is 3. The number of esters is 3. The Morgan fingerprint density at radius 3 is 2.21 bits per heavy atom. The van der Waals surface area contributed by atoms with Crippen molar-refractivity contribution in [3.63, 3.8) is 0 Å². The topological polar surface area (TPSA) is 88.1 Å². The van der Waals surface area contributed by atoms with E-state index < -0.39 is 36.2 Å². The monoisotopic (exact) mass is 272 g/mol. The van der Waals surface area contributed by atoms with Crippen molar-refractivity contribution in [3.05, 3.63) is 12.3 Å². The van der Waals surface area contributed by atoms with Crippen molar-refractivity contribution in [1.82, 2.24) is 0 Å². The van der Waals surface area contributed by atoms with Crippen LogP contribution < -0.4 is 0 Å². The van der Waals surface area contributed by atoms with Crippen molar-refractivity contribution in [3.8, 4) is 0 Å². The van der Waals surface area contributed by atoms with Crippen LogP contribution in [0, 0.1) is 0 Å². The molecule has 0 spiro atoms. The summed E-state index contributed by atoms with van der Waals surface area (Å²) in [7, 11) is 0. The Morgan fingerprint density at radius 1 is 1.05 bits per heavy atom. The maximum absolute atomic E-state index is 11.1. The normalized spacial score (nSPS) is 25.1. The molecule has 19 heavy (non-hydrogen) atoms. The van der Waals surface area contributed by atoms with Crippen LogP contribution in [-0.2, 0) is 33.3 Å². The molecular weight excluding hydrogens is 256 g/mol. The molecule has 7 nitrogen and oxygen atoms in total. The highest BCUT2D eigenvalue weighted by molar-refractivity contribution is 5.68. The second-order valence-electron chi connectivity index (χ2n) is 3.95. The molecule has 0 bridgehead atoms. The lowest BCUT2D eigenvalue weighted by Crippen LogP contribution is -2.47. The van der Waals surface area contributed by atoms with Gasteiger partial charge in [-0.15, -0.1) is 0 Å². The minimum Gasteiger partial charge on any atom is -0.491 e. The SMILES string of the molecule is CC(=O)OC[C@H]1OC=C[C@@H](OC(C)=O)C1OC(C)=O. The molecule has 0 saturated heterocycles. The highest BCUT2D eigenvalue weighted by Crippen LogP contribution is 2.19. The molecule has 0 aromatic heterocycles. The van der Waals surface area contributed by atoms with Crippen LogP contribution in [0.2, 0.25) is 0 Å². The summed E-state index contributed by atoms with van der Waals surface area (Å²) >= 11 is 0. The zero-order chi connectivity index (χ0) is 14.4. The van der Waals surface area contributed by atoms with Crippen LogP contribution in [0.15, 0.2) is 12.3 Å². The number of ether oxygens (including phenoxy) is 4. The largest absolute Gasteiger partial charge is 0.491 e. The minimum absolute atomic E-state index is 0.102. The predicted molar refractivity (Wildman–Crippen MR) is 61.8 cm³/mol. The fourth-order valence-electron chi connectivity index (χ4n) is 1.59. The summed E-state index contributed by atoms with van der Waals surface area (Å²) in [5.41, 5.74) is 0. The predicted octanol–water partition coefficient (Wildman–Crippen LogP) is 0.325. The Hall–Kier alpha value is -2.05. The molecule has 0 radical (unpaired) electrons. The van der Waals surface area contributed by atoms with E-state index in [2.05, 4.69) is 0 Å². The fraction of sp³-hybridized carbons (Fsp3) is 0.583. The van der Waals surface area contributed by atoms with Crippen LogP contribution in [0.5, 0.6) is 0 Å². The third kappa shape index (κ3) is 4.99. The molecule has 1 aliphatic rings. The molecule has 0 saturated carbocycles. The van der Waals surface area contributed by atoms with Gasteiger partial charge in [0.1, 0.15) is 6.61 Å². The number of carbonyl (C=O) groups is 3. The van der Waals surface area contributed by atoms with Gasteiger partial charge < -0.3 is 18.9 Å². The summed E-state index contributed by atoms with van der Waals surface area (Å²) in [5.74, 6) is -1.54. The van der Waals surface area contributed by atoms with Gasteiger partial charge in [0, 0.05) is 20.8 Å². The summed E-state index contributed by atoms with van der Waals surface area (Å²) in [5, 5.41) is 0. The molecule has 3 atom stereocenters. The summed E-state index contributed by atoms with van der Waals surface area (Å²) in [6.07, 6.45) is 0.435. The van der Waals surface area contributed by atoms with Crippen molar-refractivity contribution < 1.29 is 33.3 Å². The Kier molecular flexibility index (Phi) is 5.35. The molecular formula is C12H16O7. The van der Waals surface area contributed by atoms with E-state index in [-0.39, 0.29) is 6.61 Å². The summed E-state index contributed by atoms with van der Waals surface area (Å²) in [6.45, 7) is 3.62. The minimum atomic E-state index is -0.856. The Bertz CT molecular complexity index is 388. The van der Waals surface area contributed by atoms with Gasteiger partial charge in [0.2, 0.25) is 0 Å². The first-order chi connectivity index (χ1) is 8.90. The third-order valence-electron chi connectivity index (χ3n) is 2.27. The molecule has 1 heterocycles. The first kappa shape index (κ1) is 15.0. The van der Waals surface area contributed by atoms with Crippen LogP contribution in [-0.4, -0.2) is 42.8 Å². The van der Waals surface area contributed by atoms with E-state index in [9.17, 15) is 14.4 Å². The molecule has 1 rings (SSSR count). The molecule has 106 valence electrons. The quantitative estimate of drug-likeness (QED) is 0.538. The lowest BCUT2D eigenvalue weighted by molar-refractivity contribution is -0.178. The van der Waals surface area contributed by atoms with Crippen molar-refractivity contribution in [1.29, 1.82) is 0 Å². The van der Waals surface area contributed by atoms with E-state index in [0.717, 1.165) is 0 Å². The highest BCUT2D eigenvalue weighted by atomic mass is 16.6. The molecule has 1 aliphatic heterocycles. The van der Waals surface area contributed by atoms with E-state index in [1.807, 2.05) is 0 Å². The van der Waals surface area contributed by atoms with E-state index >= 15 is 0 Å². The second-order valence-corrected chi connectivity index (χ2v) is 3.95. The van der Waals surface area contributed by atoms with Crippen molar-refractivity contribution in [2.45, 2.75) is 39.1 Å². The van der Waals surface area contributed by atoms with Crippen LogP contribution in [0.25, 0.3) is 0 Å². The average Bonchev–Trinajstić information content (AvgIpc) is 2.28. The van der Waals surface area contributed by atoms with Gasteiger partial charge in [0.05, 0.1) is 6.26 Å². The lowest BCUT2D eigenvalue weighted by atomic mass is 10.1. The Balaban J connectivity index is 2.77. The van der Waals surface area contributed by atoms with Gasteiger partial charge in [-0.2, -0.15) is 0 Å². The first-order valence-electron chi connectivity index (χ1n) is 5.70. The van der Waals surface area contributed by atoms with Gasteiger partial charge in [0.15, 0.2) is 18.3 Å². The first-order valence-corrected chi connectivity index (χ1v) is 5.70. The molecule has 0 aliphatic carbocycles.